The maximum Gasteiger partial charge on any atom is 0.248 e. The Morgan fingerprint density at radius 2 is 2.00 bits per heavy atom. The summed E-state index contributed by atoms with van der Waals surface area (Å²) in [7, 11) is -3.55. The van der Waals surface area contributed by atoms with E-state index >= 15 is 0 Å². The SMILES string of the molecule is O=S(=O)(c1ccc(Cl)cc1)N1CC[C@@H](c2nnc(-c3ccsc3)o2)C1. The van der Waals surface area contributed by atoms with E-state index in [9.17, 15) is 8.42 Å². The molecule has 1 aliphatic heterocycles. The van der Waals surface area contributed by atoms with Gasteiger partial charge in [-0.3, -0.25) is 0 Å². The maximum atomic E-state index is 12.7. The van der Waals surface area contributed by atoms with E-state index < -0.39 is 10.0 Å². The molecule has 3 aromatic rings. The third-order valence-corrected chi connectivity index (χ3v) is 6.97. The smallest absolute Gasteiger partial charge is 0.248 e. The van der Waals surface area contributed by atoms with Gasteiger partial charge in [0.15, 0.2) is 0 Å². The molecule has 0 saturated carbocycles. The van der Waals surface area contributed by atoms with E-state index in [2.05, 4.69) is 10.2 Å². The van der Waals surface area contributed by atoms with Crippen molar-refractivity contribution in [2.75, 3.05) is 13.1 Å². The fraction of sp³-hybridized carbons (Fsp3) is 0.250. The summed E-state index contributed by atoms with van der Waals surface area (Å²) in [5, 5.41) is 12.5. The predicted molar refractivity (Wildman–Crippen MR) is 95.2 cm³/mol. The lowest BCUT2D eigenvalue weighted by atomic mass is 10.1. The van der Waals surface area contributed by atoms with E-state index in [4.69, 9.17) is 16.0 Å². The molecule has 0 spiro atoms. The van der Waals surface area contributed by atoms with Crippen molar-refractivity contribution >= 4 is 33.0 Å². The van der Waals surface area contributed by atoms with Gasteiger partial charge in [0.2, 0.25) is 21.8 Å². The molecule has 3 heterocycles. The lowest BCUT2D eigenvalue weighted by Gasteiger charge is -2.16. The minimum absolute atomic E-state index is 0.0954. The molecule has 6 nitrogen and oxygen atoms in total. The molecule has 1 aromatic carbocycles. The van der Waals surface area contributed by atoms with Gasteiger partial charge in [-0.15, -0.1) is 10.2 Å². The van der Waals surface area contributed by atoms with Crippen LogP contribution in [0.2, 0.25) is 5.02 Å². The summed E-state index contributed by atoms with van der Waals surface area (Å²) in [5.41, 5.74) is 0.882. The van der Waals surface area contributed by atoms with Crippen LogP contribution in [-0.2, 0) is 10.0 Å². The first-order chi connectivity index (χ1) is 12.0. The summed E-state index contributed by atoms with van der Waals surface area (Å²) in [6.07, 6.45) is 0.651. The normalized spacial score (nSPS) is 18.7. The third kappa shape index (κ3) is 3.22. The fourth-order valence-electron chi connectivity index (χ4n) is 2.81. The quantitative estimate of drug-likeness (QED) is 0.674. The summed E-state index contributed by atoms with van der Waals surface area (Å²) >= 11 is 7.39. The summed E-state index contributed by atoms with van der Waals surface area (Å²) < 4.78 is 32.7. The zero-order valence-electron chi connectivity index (χ0n) is 13.0. The monoisotopic (exact) mass is 395 g/mol. The number of nitrogens with zero attached hydrogens (tertiary/aromatic N) is 3. The minimum atomic E-state index is -3.55. The molecule has 4 rings (SSSR count). The first-order valence-corrected chi connectivity index (χ1v) is 10.4. The van der Waals surface area contributed by atoms with Crippen LogP contribution in [0.3, 0.4) is 0 Å². The highest BCUT2D eigenvalue weighted by atomic mass is 35.5. The highest BCUT2D eigenvalue weighted by Gasteiger charge is 2.35. The Balaban J connectivity index is 1.52. The number of sulfonamides is 1. The Hall–Kier alpha value is -1.74. The zero-order chi connectivity index (χ0) is 17.4. The second kappa shape index (κ2) is 6.53. The van der Waals surface area contributed by atoms with Crippen LogP contribution < -0.4 is 0 Å². The van der Waals surface area contributed by atoms with Crippen LogP contribution in [0.25, 0.3) is 11.5 Å². The molecule has 0 aliphatic carbocycles. The van der Waals surface area contributed by atoms with E-state index in [1.165, 1.54) is 16.4 Å². The summed E-state index contributed by atoms with van der Waals surface area (Å²) in [5.74, 6) is 0.854. The first kappa shape index (κ1) is 16.7. The second-order valence-corrected chi connectivity index (χ2v) is 8.91. The van der Waals surface area contributed by atoms with Crippen molar-refractivity contribution < 1.29 is 12.8 Å². The Morgan fingerprint density at radius 1 is 1.20 bits per heavy atom. The summed E-state index contributed by atoms with van der Waals surface area (Å²) in [6.45, 7) is 0.752. The average molecular weight is 396 g/mol. The second-order valence-electron chi connectivity index (χ2n) is 5.76. The van der Waals surface area contributed by atoms with Crippen LogP contribution in [0, 0.1) is 0 Å². The van der Waals surface area contributed by atoms with Crippen molar-refractivity contribution in [3.8, 4) is 11.5 Å². The van der Waals surface area contributed by atoms with Gasteiger partial charge in [-0.05, 0) is 42.1 Å². The van der Waals surface area contributed by atoms with E-state index in [1.54, 1.807) is 23.5 Å². The van der Waals surface area contributed by atoms with Gasteiger partial charge in [0, 0.05) is 29.1 Å². The summed E-state index contributed by atoms with van der Waals surface area (Å²) in [4.78, 5) is 0.238. The number of rotatable bonds is 4. The molecule has 0 radical (unpaired) electrons. The van der Waals surface area contributed by atoms with E-state index in [0.717, 1.165) is 5.56 Å². The average Bonchev–Trinajstić information content (AvgIpc) is 3.34. The third-order valence-electron chi connectivity index (χ3n) is 4.16. The highest BCUT2D eigenvalue weighted by molar-refractivity contribution is 7.89. The number of benzene rings is 1. The molecule has 25 heavy (non-hydrogen) atoms. The van der Waals surface area contributed by atoms with E-state index in [1.807, 2.05) is 16.8 Å². The molecule has 1 fully saturated rings. The molecule has 0 bridgehead atoms. The number of aromatic nitrogens is 2. The van der Waals surface area contributed by atoms with Gasteiger partial charge in [-0.2, -0.15) is 15.6 Å². The summed E-state index contributed by atoms with van der Waals surface area (Å²) in [6, 6.07) is 8.10. The van der Waals surface area contributed by atoms with Crippen molar-refractivity contribution in [1.82, 2.24) is 14.5 Å². The van der Waals surface area contributed by atoms with Gasteiger partial charge in [0.05, 0.1) is 10.8 Å². The largest absolute Gasteiger partial charge is 0.420 e. The fourth-order valence-corrected chi connectivity index (χ4v) is 5.06. The van der Waals surface area contributed by atoms with Crippen LogP contribution in [0.5, 0.6) is 0 Å². The predicted octanol–water partition coefficient (Wildman–Crippen LogP) is 3.63. The zero-order valence-corrected chi connectivity index (χ0v) is 15.4. The van der Waals surface area contributed by atoms with Crippen LogP contribution in [-0.4, -0.2) is 36.0 Å². The molecule has 2 aromatic heterocycles. The van der Waals surface area contributed by atoms with Gasteiger partial charge in [-0.1, -0.05) is 11.6 Å². The van der Waals surface area contributed by atoms with Crippen molar-refractivity contribution in [1.29, 1.82) is 0 Å². The molecule has 1 saturated heterocycles. The lowest BCUT2D eigenvalue weighted by molar-refractivity contribution is 0.440. The highest BCUT2D eigenvalue weighted by Crippen LogP contribution is 2.32. The molecular formula is C16H14ClN3O3S2. The number of thiophene rings is 1. The molecule has 1 atom stereocenters. The van der Waals surface area contributed by atoms with Crippen LogP contribution >= 0.6 is 22.9 Å². The lowest BCUT2D eigenvalue weighted by Crippen LogP contribution is -2.28. The van der Waals surface area contributed by atoms with Crippen molar-refractivity contribution in [3.05, 3.63) is 52.0 Å². The molecule has 130 valence electrons. The van der Waals surface area contributed by atoms with Crippen molar-refractivity contribution in [2.45, 2.75) is 17.2 Å². The van der Waals surface area contributed by atoms with Gasteiger partial charge in [0.1, 0.15) is 0 Å². The van der Waals surface area contributed by atoms with Gasteiger partial charge in [-0.25, -0.2) is 8.42 Å². The van der Waals surface area contributed by atoms with Gasteiger partial charge in [0.25, 0.3) is 0 Å². The maximum absolute atomic E-state index is 12.7. The number of hydrogen-bond donors (Lipinski definition) is 0. The van der Waals surface area contributed by atoms with Crippen LogP contribution in [0.15, 0.2) is 50.4 Å². The molecule has 0 unspecified atom stereocenters. The van der Waals surface area contributed by atoms with Gasteiger partial charge < -0.3 is 4.42 Å². The molecule has 9 heteroatoms. The molecular weight excluding hydrogens is 382 g/mol. The van der Waals surface area contributed by atoms with E-state index in [0.29, 0.717) is 36.3 Å². The van der Waals surface area contributed by atoms with E-state index in [-0.39, 0.29) is 10.8 Å². The Labute approximate surface area is 154 Å². The van der Waals surface area contributed by atoms with Crippen LogP contribution in [0.1, 0.15) is 18.2 Å². The Bertz CT molecular complexity index is 968. The topological polar surface area (TPSA) is 76.3 Å². The van der Waals surface area contributed by atoms with Crippen molar-refractivity contribution in [3.63, 3.8) is 0 Å². The number of hydrogen-bond acceptors (Lipinski definition) is 6. The van der Waals surface area contributed by atoms with Crippen LogP contribution in [0.4, 0.5) is 0 Å². The molecule has 0 amide bonds. The Morgan fingerprint density at radius 3 is 2.72 bits per heavy atom. The molecule has 0 N–H and O–H groups in total. The standard InChI is InChI=1S/C16H14ClN3O3S2/c17-13-1-3-14(4-2-13)25(21,22)20-7-5-11(9-20)15-18-19-16(23-15)12-6-8-24-10-12/h1-4,6,8,10-11H,5,7,9H2/t11-/m1/s1. The van der Waals surface area contributed by atoms with Gasteiger partial charge >= 0.3 is 0 Å². The Kier molecular flexibility index (Phi) is 4.36. The minimum Gasteiger partial charge on any atom is -0.420 e. The first-order valence-electron chi connectivity index (χ1n) is 7.66. The van der Waals surface area contributed by atoms with Crippen molar-refractivity contribution in [2.24, 2.45) is 0 Å². The number of halogens is 1. The molecule has 1 aliphatic rings.